The van der Waals surface area contributed by atoms with Gasteiger partial charge in [-0.25, -0.2) is 4.79 Å². The average Bonchev–Trinajstić information content (AvgIpc) is 2.95. The highest BCUT2D eigenvalue weighted by atomic mass is 32.1. The Labute approximate surface area is 136 Å². The minimum atomic E-state index is -0.540. The zero-order valence-corrected chi connectivity index (χ0v) is 13.3. The molecule has 23 heavy (non-hydrogen) atoms. The van der Waals surface area contributed by atoms with Crippen molar-refractivity contribution >= 4 is 33.9 Å². The number of nitro benzene ring substituents is 1. The predicted molar refractivity (Wildman–Crippen MR) is 86.1 cm³/mol. The van der Waals surface area contributed by atoms with E-state index in [1.807, 2.05) is 0 Å². The lowest BCUT2D eigenvalue weighted by molar-refractivity contribution is -0.385. The summed E-state index contributed by atoms with van der Waals surface area (Å²) in [4.78, 5) is 34.6. The number of hydrogen-bond acceptors (Lipinski definition) is 6. The molecule has 0 spiro atoms. The van der Waals surface area contributed by atoms with Gasteiger partial charge in [0.1, 0.15) is 5.00 Å². The van der Waals surface area contributed by atoms with E-state index in [9.17, 15) is 19.7 Å². The average molecular weight is 334 g/mol. The van der Waals surface area contributed by atoms with E-state index in [0.717, 1.165) is 0 Å². The largest absolute Gasteiger partial charge is 0.462 e. The molecule has 8 heteroatoms. The smallest absolute Gasteiger partial charge is 0.341 e. The topological polar surface area (TPSA) is 98.5 Å². The second-order valence-corrected chi connectivity index (χ2v) is 5.46. The predicted octanol–water partition coefficient (Wildman–Crippen LogP) is 3.39. The number of hydrogen-bond donors (Lipinski definition) is 1. The zero-order valence-electron chi connectivity index (χ0n) is 12.5. The molecule has 0 bridgehead atoms. The molecule has 1 N–H and O–H groups in total. The Balaban J connectivity index is 2.28. The third kappa shape index (κ3) is 3.54. The molecule has 0 saturated heterocycles. The number of anilines is 1. The summed E-state index contributed by atoms with van der Waals surface area (Å²) in [6.45, 7) is 3.43. The van der Waals surface area contributed by atoms with Gasteiger partial charge in [0, 0.05) is 17.2 Å². The first kappa shape index (κ1) is 16.6. The van der Waals surface area contributed by atoms with Gasteiger partial charge in [0.15, 0.2) is 0 Å². The fourth-order valence-corrected chi connectivity index (χ4v) is 2.78. The molecule has 1 aromatic carbocycles. The van der Waals surface area contributed by atoms with Crippen LogP contribution in [0.25, 0.3) is 0 Å². The van der Waals surface area contributed by atoms with Gasteiger partial charge < -0.3 is 10.1 Å². The first-order valence-corrected chi connectivity index (χ1v) is 7.63. The Morgan fingerprint density at radius 1 is 1.30 bits per heavy atom. The summed E-state index contributed by atoms with van der Waals surface area (Å²) in [5.41, 5.74) is 0.578. The summed E-state index contributed by atoms with van der Waals surface area (Å²) >= 11 is 1.18. The normalized spacial score (nSPS) is 10.2. The van der Waals surface area contributed by atoms with Crippen LogP contribution in [0.3, 0.4) is 0 Å². The van der Waals surface area contributed by atoms with Gasteiger partial charge in [-0.15, -0.1) is 11.3 Å². The van der Waals surface area contributed by atoms with Crippen molar-refractivity contribution < 1.29 is 19.2 Å². The van der Waals surface area contributed by atoms with Gasteiger partial charge in [-0.05, 0) is 31.4 Å². The van der Waals surface area contributed by atoms with Crippen molar-refractivity contribution in [2.24, 2.45) is 0 Å². The number of thiophene rings is 1. The number of rotatable bonds is 5. The first-order valence-electron chi connectivity index (χ1n) is 6.75. The summed E-state index contributed by atoms with van der Waals surface area (Å²) in [6, 6.07) is 5.83. The third-order valence-electron chi connectivity index (χ3n) is 3.13. The van der Waals surface area contributed by atoms with Crippen LogP contribution in [-0.2, 0) is 4.74 Å². The lowest BCUT2D eigenvalue weighted by Gasteiger charge is -2.08. The Bertz CT molecular complexity index is 769. The number of carbonyl (C=O) groups excluding carboxylic acids is 2. The highest BCUT2D eigenvalue weighted by molar-refractivity contribution is 7.14. The molecule has 1 amide bonds. The number of carbonyl (C=O) groups is 2. The third-order valence-corrected chi connectivity index (χ3v) is 3.96. The van der Waals surface area contributed by atoms with Crippen LogP contribution in [0.5, 0.6) is 0 Å². The summed E-state index contributed by atoms with van der Waals surface area (Å²) < 4.78 is 4.92. The lowest BCUT2D eigenvalue weighted by atomic mass is 10.1. The number of esters is 1. The van der Waals surface area contributed by atoms with E-state index in [0.29, 0.717) is 5.00 Å². The molecule has 0 fully saturated rings. The summed E-state index contributed by atoms with van der Waals surface area (Å²) in [7, 11) is 0. The molecule has 0 saturated carbocycles. The molecule has 120 valence electrons. The van der Waals surface area contributed by atoms with Crippen LogP contribution in [0, 0.1) is 17.0 Å². The number of ether oxygens (including phenoxy) is 1. The van der Waals surface area contributed by atoms with Crippen molar-refractivity contribution in [3.8, 4) is 0 Å². The minimum Gasteiger partial charge on any atom is -0.462 e. The molecular weight excluding hydrogens is 320 g/mol. The van der Waals surface area contributed by atoms with E-state index < -0.39 is 16.8 Å². The standard InChI is InChI=1S/C15H14N2O5S/c1-3-22-15(19)11-7-8-23-14(11)16-13(18)10-5-4-6-12(9(10)2)17(20)21/h4-8H,3H2,1-2H3,(H,16,18). The summed E-state index contributed by atoms with van der Waals surface area (Å²) in [5, 5.41) is 15.6. The quantitative estimate of drug-likeness (QED) is 0.513. The van der Waals surface area contributed by atoms with Gasteiger partial charge in [-0.2, -0.15) is 0 Å². The Kier molecular flexibility index (Phi) is 5.07. The first-order chi connectivity index (χ1) is 11.0. The van der Waals surface area contributed by atoms with Crippen LogP contribution in [-0.4, -0.2) is 23.4 Å². The van der Waals surface area contributed by atoms with Gasteiger partial charge in [-0.3, -0.25) is 14.9 Å². The van der Waals surface area contributed by atoms with Crippen LogP contribution in [0.15, 0.2) is 29.6 Å². The van der Waals surface area contributed by atoms with Crippen LogP contribution < -0.4 is 5.32 Å². The van der Waals surface area contributed by atoms with E-state index in [-0.39, 0.29) is 29.0 Å². The number of amides is 1. The molecular formula is C15H14N2O5S. The maximum Gasteiger partial charge on any atom is 0.341 e. The van der Waals surface area contributed by atoms with Crippen LogP contribution >= 0.6 is 11.3 Å². The molecule has 0 radical (unpaired) electrons. The fraction of sp³-hybridized carbons (Fsp3) is 0.200. The zero-order chi connectivity index (χ0) is 17.0. The molecule has 0 unspecified atom stereocenters. The van der Waals surface area contributed by atoms with Crippen molar-refractivity contribution in [2.75, 3.05) is 11.9 Å². The second kappa shape index (κ2) is 7.01. The Hall–Kier alpha value is -2.74. The van der Waals surface area contributed by atoms with E-state index in [1.165, 1.54) is 36.5 Å². The molecule has 0 aliphatic rings. The molecule has 7 nitrogen and oxygen atoms in total. The van der Waals surface area contributed by atoms with Gasteiger partial charge in [0.05, 0.1) is 17.1 Å². The maximum absolute atomic E-state index is 12.4. The number of benzene rings is 1. The Morgan fingerprint density at radius 3 is 2.70 bits per heavy atom. The van der Waals surface area contributed by atoms with Gasteiger partial charge in [-0.1, -0.05) is 6.07 Å². The molecule has 0 aliphatic heterocycles. The van der Waals surface area contributed by atoms with Crippen molar-refractivity contribution in [2.45, 2.75) is 13.8 Å². The van der Waals surface area contributed by atoms with Crippen LogP contribution in [0.4, 0.5) is 10.7 Å². The van der Waals surface area contributed by atoms with Crippen molar-refractivity contribution in [1.82, 2.24) is 0 Å². The van der Waals surface area contributed by atoms with Crippen molar-refractivity contribution in [3.63, 3.8) is 0 Å². The fourth-order valence-electron chi connectivity index (χ4n) is 2.01. The van der Waals surface area contributed by atoms with Gasteiger partial charge >= 0.3 is 5.97 Å². The van der Waals surface area contributed by atoms with E-state index in [4.69, 9.17) is 4.74 Å². The van der Waals surface area contributed by atoms with Gasteiger partial charge in [0.25, 0.3) is 11.6 Å². The SMILES string of the molecule is CCOC(=O)c1ccsc1NC(=O)c1cccc([N+](=O)[O-])c1C. The highest BCUT2D eigenvalue weighted by Gasteiger charge is 2.21. The molecule has 0 aliphatic carbocycles. The lowest BCUT2D eigenvalue weighted by Crippen LogP contribution is -2.15. The molecule has 1 aromatic heterocycles. The van der Waals surface area contributed by atoms with E-state index >= 15 is 0 Å². The van der Waals surface area contributed by atoms with Crippen molar-refractivity contribution in [3.05, 3.63) is 56.5 Å². The second-order valence-electron chi connectivity index (χ2n) is 4.54. The van der Waals surface area contributed by atoms with E-state index in [1.54, 1.807) is 18.4 Å². The molecule has 2 aromatic rings. The molecule has 0 atom stereocenters. The maximum atomic E-state index is 12.4. The van der Waals surface area contributed by atoms with Crippen LogP contribution in [0.2, 0.25) is 0 Å². The number of nitrogens with one attached hydrogen (secondary N) is 1. The summed E-state index contributed by atoms with van der Waals surface area (Å²) in [5.74, 6) is -1.04. The van der Waals surface area contributed by atoms with Crippen molar-refractivity contribution in [1.29, 1.82) is 0 Å². The molecule has 2 rings (SSSR count). The molecule has 1 heterocycles. The monoisotopic (exact) mass is 334 g/mol. The highest BCUT2D eigenvalue weighted by Crippen LogP contribution is 2.26. The Morgan fingerprint density at radius 2 is 2.04 bits per heavy atom. The number of nitrogens with zero attached hydrogens (tertiary/aromatic N) is 1. The number of nitro groups is 1. The van der Waals surface area contributed by atoms with E-state index in [2.05, 4.69) is 5.32 Å². The van der Waals surface area contributed by atoms with Crippen LogP contribution in [0.1, 0.15) is 33.2 Å². The minimum absolute atomic E-state index is 0.130. The van der Waals surface area contributed by atoms with Gasteiger partial charge in [0.2, 0.25) is 0 Å². The summed E-state index contributed by atoms with van der Waals surface area (Å²) in [6.07, 6.45) is 0.